The van der Waals surface area contributed by atoms with Crippen LogP contribution in [-0.4, -0.2) is 5.97 Å². The van der Waals surface area contributed by atoms with Crippen molar-refractivity contribution in [2.75, 3.05) is 0 Å². The molecule has 0 atom stereocenters. The Balaban J connectivity index is 2.43. The Labute approximate surface area is 69.0 Å². The lowest BCUT2D eigenvalue weighted by Gasteiger charge is -2.14. The summed E-state index contributed by atoms with van der Waals surface area (Å²) in [7, 11) is 0. The molecule has 1 aliphatic rings. The first kappa shape index (κ1) is 7.28. The van der Waals surface area contributed by atoms with Crippen molar-refractivity contribution < 1.29 is 13.9 Å². The molecule has 12 heavy (non-hydrogen) atoms. The van der Waals surface area contributed by atoms with Crippen LogP contribution in [0.5, 0.6) is 5.75 Å². The van der Waals surface area contributed by atoms with Crippen molar-refractivity contribution in [2.45, 2.75) is 12.8 Å². The molecule has 0 radical (unpaired) electrons. The van der Waals surface area contributed by atoms with Gasteiger partial charge >= 0.3 is 5.97 Å². The van der Waals surface area contributed by atoms with Gasteiger partial charge in [-0.2, -0.15) is 0 Å². The maximum Gasteiger partial charge on any atom is 0.311 e. The molecule has 0 N–H and O–H groups in total. The van der Waals surface area contributed by atoms with Gasteiger partial charge in [0.1, 0.15) is 11.6 Å². The van der Waals surface area contributed by atoms with Gasteiger partial charge in [-0.3, -0.25) is 4.79 Å². The van der Waals surface area contributed by atoms with Crippen LogP contribution in [-0.2, 0) is 11.2 Å². The summed E-state index contributed by atoms with van der Waals surface area (Å²) in [6.45, 7) is 0. The predicted molar refractivity (Wildman–Crippen MR) is 40.4 cm³/mol. The fourth-order valence-electron chi connectivity index (χ4n) is 1.25. The Morgan fingerprint density at radius 2 is 2.17 bits per heavy atom. The van der Waals surface area contributed by atoms with E-state index in [1.54, 1.807) is 0 Å². The van der Waals surface area contributed by atoms with E-state index in [1.165, 1.54) is 18.2 Å². The van der Waals surface area contributed by atoms with Crippen LogP contribution in [0.3, 0.4) is 0 Å². The molecule has 0 amide bonds. The normalized spacial score (nSPS) is 15.2. The zero-order valence-corrected chi connectivity index (χ0v) is 6.34. The number of aryl methyl sites for hydroxylation is 1. The summed E-state index contributed by atoms with van der Waals surface area (Å²) in [5.41, 5.74) is 0.773. The molecule has 1 aromatic rings. The van der Waals surface area contributed by atoms with Gasteiger partial charge in [0.15, 0.2) is 0 Å². The first-order valence-corrected chi connectivity index (χ1v) is 3.75. The minimum absolute atomic E-state index is 0.242. The highest BCUT2D eigenvalue weighted by Crippen LogP contribution is 2.25. The zero-order chi connectivity index (χ0) is 8.55. The Morgan fingerprint density at radius 3 is 3.00 bits per heavy atom. The maximum absolute atomic E-state index is 12.7. The molecule has 0 bridgehead atoms. The third-order valence-corrected chi connectivity index (χ3v) is 1.84. The fourth-order valence-corrected chi connectivity index (χ4v) is 1.25. The monoisotopic (exact) mass is 166 g/mol. The number of halogens is 1. The van der Waals surface area contributed by atoms with Gasteiger partial charge in [-0.05, 0) is 30.2 Å². The highest BCUT2D eigenvalue weighted by Gasteiger charge is 2.16. The molecule has 1 heterocycles. The first-order chi connectivity index (χ1) is 5.75. The molecule has 1 aromatic carbocycles. The Morgan fingerprint density at radius 1 is 1.33 bits per heavy atom. The van der Waals surface area contributed by atoms with Crippen LogP contribution >= 0.6 is 0 Å². The number of ether oxygens (including phenoxy) is 1. The summed E-state index contributed by atoms with van der Waals surface area (Å²) in [5.74, 6) is -0.0338. The maximum atomic E-state index is 12.7. The molecular formula is C9H7FO2. The molecule has 0 aliphatic carbocycles. The second kappa shape index (κ2) is 2.59. The number of hydrogen-bond acceptors (Lipinski definition) is 2. The molecule has 2 nitrogen and oxygen atoms in total. The van der Waals surface area contributed by atoms with Crippen LogP contribution in [0.2, 0.25) is 0 Å². The number of esters is 1. The summed E-state index contributed by atoms with van der Waals surface area (Å²) in [6, 6.07) is 4.18. The summed E-state index contributed by atoms with van der Waals surface area (Å²) >= 11 is 0. The van der Waals surface area contributed by atoms with Crippen molar-refractivity contribution in [3.63, 3.8) is 0 Å². The minimum atomic E-state index is -0.285. The number of carbonyl (C=O) groups is 1. The molecular weight excluding hydrogens is 159 g/mol. The van der Waals surface area contributed by atoms with E-state index in [2.05, 4.69) is 0 Å². The van der Waals surface area contributed by atoms with Crippen molar-refractivity contribution >= 4 is 5.97 Å². The Bertz CT molecular complexity index is 333. The molecule has 0 saturated heterocycles. The van der Waals surface area contributed by atoms with Crippen molar-refractivity contribution in [2.24, 2.45) is 0 Å². The highest BCUT2D eigenvalue weighted by molar-refractivity contribution is 5.75. The van der Waals surface area contributed by atoms with Gasteiger partial charge < -0.3 is 4.74 Å². The molecule has 0 spiro atoms. The van der Waals surface area contributed by atoms with E-state index < -0.39 is 0 Å². The largest absolute Gasteiger partial charge is 0.426 e. The number of fused-ring (bicyclic) bond motifs is 1. The number of rotatable bonds is 0. The second-order valence-electron chi connectivity index (χ2n) is 2.73. The Hall–Kier alpha value is -1.38. The van der Waals surface area contributed by atoms with Crippen LogP contribution in [0.15, 0.2) is 18.2 Å². The van der Waals surface area contributed by atoms with Crippen molar-refractivity contribution in [1.82, 2.24) is 0 Å². The van der Waals surface area contributed by atoms with Crippen molar-refractivity contribution in [1.29, 1.82) is 0 Å². The van der Waals surface area contributed by atoms with E-state index in [1.807, 2.05) is 0 Å². The van der Waals surface area contributed by atoms with E-state index in [9.17, 15) is 9.18 Å². The second-order valence-corrected chi connectivity index (χ2v) is 2.73. The summed E-state index contributed by atoms with van der Waals surface area (Å²) < 4.78 is 17.5. The van der Waals surface area contributed by atoms with Crippen molar-refractivity contribution in [3.8, 4) is 5.75 Å². The van der Waals surface area contributed by atoms with Gasteiger partial charge in [0.2, 0.25) is 0 Å². The molecule has 0 unspecified atom stereocenters. The molecule has 0 saturated carbocycles. The quantitative estimate of drug-likeness (QED) is 0.433. The average molecular weight is 166 g/mol. The molecule has 0 fully saturated rings. The highest BCUT2D eigenvalue weighted by atomic mass is 19.1. The van der Waals surface area contributed by atoms with E-state index in [0.29, 0.717) is 18.6 Å². The third-order valence-electron chi connectivity index (χ3n) is 1.84. The van der Waals surface area contributed by atoms with Gasteiger partial charge in [0.05, 0.1) is 6.42 Å². The number of carbonyl (C=O) groups excluding carboxylic acids is 1. The Kier molecular flexibility index (Phi) is 1.57. The van der Waals surface area contributed by atoms with Crippen LogP contribution in [0.25, 0.3) is 0 Å². The molecule has 0 aromatic heterocycles. The van der Waals surface area contributed by atoms with Crippen LogP contribution in [0.1, 0.15) is 12.0 Å². The fraction of sp³-hybridized carbons (Fsp3) is 0.222. The third kappa shape index (κ3) is 1.18. The van der Waals surface area contributed by atoms with Crippen LogP contribution in [0.4, 0.5) is 4.39 Å². The minimum Gasteiger partial charge on any atom is -0.426 e. The summed E-state index contributed by atoms with van der Waals surface area (Å²) in [5, 5.41) is 0. The molecule has 2 rings (SSSR count). The van der Waals surface area contributed by atoms with Gasteiger partial charge in [0.25, 0.3) is 0 Å². The first-order valence-electron chi connectivity index (χ1n) is 3.75. The summed E-state index contributed by atoms with van der Waals surface area (Å²) in [4.78, 5) is 10.8. The van der Waals surface area contributed by atoms with Gasteiger partial charge in [-0.25, -0.2) is 4.39 Å². The van der Waals surface area contributed by atoms with Gasteiger partial charge in [-0.1, -0.05) is 0 Å². The topological polar surface area (TPSA) is 26.3 Å². The lowest BCUT2D eigenvalue weighted by molar-refractivity contribution is -0.135. The van der Waals surface area contributed by atoms with Gasteiger partial charge in [0, 0.05) is 0 Å². The number of benzene rings is 1. The standard InChI is InChI=1S/C9H7FO2/c10-7-2-3-8-6(5-7)1-4-9(11)12-8/h2-3,5H,1,4H2. The van der Waals surface area contributed by atoms with E-state index in [0.717, 1.165) is 5.56 Å². The molecule has 62 valence electrons. The number of hydrogen-bond donors (Lipinski definition) is 0. The van der Waals surface area contributed by atoms with Crippen LogP contribution < -0.4 is 4.74 Å². The molecule has 1 aliphatic heterocycles. The van der Waals surface area contributed by atoms with E-state index in [4.69, 9.17) is 4.74 Å². The van der Waals surface area contributed by atoms with Gasteiger partial charge in [-0.15, -0.1) is 0 Å². The zero-order valence-electron chi connectivity index (χ0n) is 6.34. The van der Waals surface area contributed by atoms with E-state index in [-0.39, 0.29) is 11.8 Å². The summed E-state index contributed by atoms with van der Waals surface area (Å²) in [6.07, 6.45) is 0.919. The SMILES string of the molecule is O=C1CCc2cc(F)ccc2O1. The predicted octanol–water partition coefficient (Wildman–Crippen LogP) is 1.68. The smallest absolute Gasteiger partial charge is 0.311 e. The molecule has 3 heteroatoms. The van der Waals surface area contributed by atoms with E-state index >= 15 is 0 Å². The average Bonchev–Trinajstić information content (AvgIpc) is 2.05. The van der Waals surface area contributed by atoms with Crippen LogP contribution in [0, 0.1) is 5.82 Å². The lowest BCUT2D eigenvalue weighted by Crippen LogP contribution is -2.15. The lowest BCUT2D eigenvalue weighted by atomic mass is 10.1. The van der Waals surface area contributed by atoms with Crippen molar-refractivity contribution in [3.05, 3.63) is 29.6 Å².